The van der Waals surface area contributed by atoms with Crippen molar-refractivity contribution in [2.24, 2.45) is 5.92 Å². The average molecular weight is 311 g/mol. The molecule has 1 aliphatic heterocycles. The highest BCUT2D eigenvalue weighted by Gasteiger charge is 2.29. The van der Waals surface area contributed by atoms with Crippen molar-refractivity contribution < 1.29 is 18.4 Å². The van der Waals surface area contributed by atoms with E-state index in [4.69, 9.17) is 0 Å². The van der Waals surface area contributed by atoms with Crippen LogP contribution in [0.15, 0.2) is 18.2 Å². The van der Waals surface area contributed by atoms with Gasteiger partial charge < -0.3 is 16.0 Å². The van der Waals surface area contributed by atoms with Gasteiger partial charge in [-0.3, -0.25) is 4.79 Å². The Kier molecular flexibility index (Phi) is 5.30. The number of urea groups is 1. The van der Waals surface area contributed by atoms with E-state index in [1.54, 1.807) is 0 Å². The Morgan fingerprint density at radius 3 is 2.91 bits per heavy atom. The van der Waals surface area contributed by atoms with Crippen LogP contribution in [-0.4, -0.2) is 31.1 Å². The van der Waals surface area contributed by atoms with Crippen LogP contribution >= 0.6 is 0 Å². The van der Waals surface area contributed by atoms with Crippen molar-refractivity contribution in [1.29, 1.82) is 0 Å². The lowest BCUT2D eigenvalue weighted by Crippen LogP contribution is -2.56. The summed E-state index contributed by atoms with van der Waals surface area (Å²) in [5, 5.41) is 7.84. The molecule has 5 nitrogen and oxygen atoms in total. The second kappa shape index (κ2) is 7.20. The molecule has 0 radical (unpaired) electrons. The monoisotopic (exact) mass is 311 g/mol. The van der Waals surface area contributed by atoms with Gasteiger partial charge in [-0.2, -0.15) is 0 Å². The number of amides is 3. The molecule has 0 aromatic heterocycles. The minimum Gasteiger partial charge on any atom is -0.354 e. The van der Waals surface area contributed by atoms with Gasteiger partial charge >= 0.3 is 6.03 Å². The first-order chi connectivity index (χ1) is 10.5. The third kappa shape index (κ3) is 4.16. The number of halogens is 2. The molecule has 1 aromatic carbocycles. The molecule has 1 saturated heterocycles. The molecule has 0 unspecified atom stereocenters. The smallest absolute Gasteiger partial charge is 0.315 e. The topological polar surface area (TPSA) is 70.2 Å². The Morgan fingerprint density at radius 1 is 1.41 bits per heavy atom. The third-order valence-electron chi connectivity index (χ3n) is 3.72. The van der Waals surface area contributed by atoms with Gasteiger partial charge in [0.15, 0.2) is 0 Å². The van der Waals surface area contributed by atoms with Gasteiger partial charge in [0, 0.05) is 13.1 Å². The number of hydrogen-bond donors (Lipinski definition) is 3. The van der Waals surface area contributed by atoms with Crippen molar-refractivity contribution in [3.8, 4) is 0 Å². The van der Waals surface area contributed by atoms with E-state index in [0.29, 0.717) is 6.54 Å². The number of carbonyl (C=O) groups excluding carboxylic acids is 2. The lowest BCUT2D eigenvalue weighted by atomic mass is 9.94. The summed E-state index contributed by atoms with van der Waals surface area (Å²) in [5.41, 5.74) is 0.198. The summed E-state index contributed by atoms with van der Waals surface area (Å²) in [6.45, 7) is 2.65. The predicted octanol–water partition coefficient (Wildman–Crippen LogP) is 1.33. The number of rotatable bonds is 4. The van der Waals surface area contributed by atoms with Gasteiger partial charge in [-0.15, -0.1) is 0 Å². The Hall–Kier alpha value is -2.18. The highest BCUT2D eigenvalue weighted by atomic mass is 19.1. The van der Waals surface area contributed by atoms with Crippen LogP contribution in [0.2, 0.25) is 0 Å². The average Bonchev–Trinajstić information content (AvgIpc) is 2.47. The zero-order chi connectivity index (χ0) is 16.1. The molecule has 2 atom stereocenters. The maximum Gasteiger partial charge on any atom is 0.315 e. The van der Waals surface area contributed by atoms with Crippen LogP contribution in [0.3, 0.4) is 0 Å². The Balaban J connectivity index is 1.80. The van der Waals surface area contributed by atoms with Crippen LogP contribution in [0.5, 0.6) is 0 Å². The highest BCUT2D eigenvalue weighted by molar-refractivity contribution is 5.87. The molecule has 22 heavy (non-hydrogen) atoms. The van der Waals surface area contributed by atoms with E-state index in [1.165, 1.54) is 0 Å². The van der Waals surface area contributed by atoms with Gasteiger partial charge in [-0.1, -0.05) is 6.92 Å². The fraction of sp³-hybridized carbons (Fsp3) is 0.467. The standard InChI is InChI=1S/C15H19F2N3O2/c1-9-4-6-18-14(21)13(9)20-15(22)19-7-5-10-8-11(16)2-3-12(10)17/h2-3,8-9,13H,4-7H2,1H3,(H,18,21)(H2,19,20,22)/t9-,13-/m0/s1. The van der Waals surface area contributed by atoms with Crippen LogP contribution in [-0.2, 0) is 11.2 Å². The lowest BCUT2D eigenvalue weighted by molar-refractivity contribution is -0.125. The normalized spacial score (nSPS) is 21.1. The molecule has 1 heterocycles. The highest BCUT2D eigenvalue weighted by Crippen LogP contribution is 2.12. The SMILES string of the molecule is C[C@H]1CCNC(=O)[C@H]1NC(=O)NCCc1cc(F)ccc1F. The van der Waals surface area contributed by atoms with E-state index >= 15 is 0 Å². The fourth-order valence-electron chi connectivity index (χ4n) is 2.40. The quantitative estimate of drug-likeness (QED) is 0.785. The maximum atomic E-state index is 13.4. The second-order valence-electron chi connectivity index (χ2n) is 5.42. The van der Waals surface area contributed by atoms with Gasteiger partial charge in [-0.05, 0) is 42.5 Å². The van der Waals surface area contributed by atoms with E-state index in [2.05, 4.69) is 16.0 Å². The number of hydrogen-bond acceptors (Lipinski definition) is 2. The number of nitrogens with one attached hydrogen (secondary N) is 3. The van der Waals surface area contributed by atoms with E-state index < -0.39 is 23.7 Å². The first kappa shape index (κ1) is 16.2. The summed E-state index contributed by atoms with van der Waals surface area (Å²) in [7, 11) is 0. The Morgan fingerprint density at radius 2 is 2.18 bits per heavy atom. The largest absolute Gasteiger partial charge is 0.354 e. The number of carbonyl (C=O) groups is 2. The Labute approximate surface area is 127 Å². The molecule has 3 amide bonds. The van der Waals surface area contributed by atoms with E-state index in [0.717, 1.165) is 24.6 Å². The van der Waals surface area contributed by atoms with Crippen molar-refractivity contribution in [2.75, 3.05) is 13.1 Å². The zero-order valence-corrected chi connectivity index (χ0v) is 12.3. The molecule has 1 aromatic rings. The molecule has 2 rings (SSSR count). The summed E-state index contributed by atoms with van der Waals surface area (Å²) in [6, 6.07) is 2.14. The summed E-state index contributed by atoms with van der Waals surface area (Å²) in [6.07, 6.45) is 0.967. The molecule has 1 aliphatic rings. The van der Waals surface area contributed by atoms with Gasteiger partial charge in [0.25, 0.3) is 0 Å². The summed E-state index contributed by atoms with van der Waals surface area (Å²) in [5.74, 6) is -1.18. The summed E-state index contributed by atoms with van der Waals surface area (Å²) < 4.78 is 26.4. The van der Waals surface area contributed by atoms with Crippen molar-refractivity contribution in [1.82, 2.24) is 16.0 Å². The maximum absolute atomic E-state index is 13.4. The van der Waals surface area contributed by atoms with Crippen LogP contribution in [0.4, 0.5) is 13.6 Å². The summed E-state index contributed by atoms with van der Waals surface area (Å²) in [4.78, 5) is 23.4. The first-order valence-electron chi connectivity index (χ1n) is 7.23. The molecule has 0 saturated carbocycles. The molecule has 1 fully saturated rings. The summed E-state index contributed by atoms with van der Waals surface area (Å²) >= 11 is 0. The molecule has 0 aliphatic carbocycles. The van der Waals surface area contributed by atoms with Crippen LogP contribution in [0, 0.1) is 17.6 Å². The van der Waals surface area contributed by atoms with Crippen molar-refractivity contribution >= 4 is 11.9 Å². The number of piperidine rings is 1. The van der Waals surface area contributed by atoms with Crippen LogP contribution < -0.4 is 16.0 Å². The Bertz CT molecular complexity index is 566. The molecule has 0 spiro atoms. The van der Waals surface area contributed by atoms with Crippen molar-refractivity contribution in [3.05, 3.63) is 35.4 Å². The fourth-order valence-corrected chi connectivity index (χ4v) is 2.40. The molecule has 0 bridgehead atoms. The van der Waals surface area contributed by atoms with Crippen molar-refractivity contribution in [2.45, 2.75) is 25.8 Å². The van der Waals surface area contributed by atoms with E-state index in [-0.39, 0.29) is 30.4 Å². The zero-order valence-electron chi connectivity index (χ0n) is 12.3. The van der Waals surface area contributed by atoms with Crippen LogP contribution in [0.25, 0.3) is 0 Å². The predicted molar refractivity (Wildman–Crippen MR) is 77.2 cm³/mol. The molecule has 7 heteroatoms. The molecule has 120 valence electrons. The minimum atomic E-state index is -0.570. The van der Waals surface area contributed by atoms with Crippen molar-refractivity contribution in [3.63, 3.8) is 0 Å². The lowest BCUT2D eigenvalue weighted by Gasteiger charge is -2.28. The number of benzene rings is 1. The molecular weight excluding hydrogens is 292 g/mol. The van der Waals surface area contributed by atoms with Gasteiger partial charge in [0.2, 0.25) is 5.91 Å². The van der Waals surface area contributed by atoms with Crippen LogP contribution in [0.1, 0.15) is 18.9 Å². The van der Waals surface area contributed by atoms with Gasteiger partial charge in [0.1, 0.15) is 17.7 Å². The van der Waals surface area contributed by atoms with E-state index in [9.17, 15) is 18.4 Å². The van der Waals surface area contributed by atoms with Gasteiger partial charge in [-0.25, -0.2) is 13.6 Å². The molecule has 3 N–H and O–H groups in total. The minimum absolute atomic E-state index is 0.0557. The molecular formula is C15H19F2N3O2. The van der Waals surface area contributed by atoms with E-state index in [1.807, 2.05) is 6.92 Å². The first-order valence-corrected chi connectivity index (χ1v) is 7.23. The second-order valence-corrected chi connectivity index (χ2v) is 5.42. The third-order valence-corrected chi connectivity index (χ3v) is 3.72. The van der Waals surface area contributed by atoms with Gasteiger partial charge in [0.05, 0.1) is 0 Å².